The minimum absolute atomic E-state index is 0.0384. The van der Waals surface area contributed by atoms with E-state index in [0.29, 0.717) is 17.1 Å². The van der Waals surface area contributed by atoms with Gasteiger partial charge >= 0.3 is 0 Å². The summed E-state index contributed by atoms with van der Waals surface area (Å²) in [4.78, 5) is 15.9. The topological polar surface area (TPSA) is 125 Å². The highest BCUT2D eigenvalue weighted by Crippen LogP contribution is 2.29. The highest BCUT2D eigenvalue weighted by molar-refractivity contribution is 5.73. The molecule has 1 amide bonds. The van der Waals surface area contributed by atoms with E-state index in [1.807, 2.05) is 24.3 Å². The molecule has 8 heteroatoms. The number of carbonyl (C=O) groups is 1. The maximum atomic E-state index is 11.4. The number of aliphatic hydroxyl groups excluding tert-OH is 3. The van der Waals surface area contributed by atoms with Gasteiger partial charge < -0.3 is 29.8 Å². The van der Waals surface area contributed by atoms with Gasteiger partial charge in [-0.3, -0.25) is 4.79 Å². The Bertz CT molecular complexity index is 1030. The zero-order chi connectivity index (χ0) is 23.8. The molecule has 0 saturated heterocycles. The number of carbonyl (C=O) groups excluding carboxylic acids is 1. The highest BCUT2D eigenvalue weighted by Gasteiger charge is 2.33. The van der Waals surface area contributed by atoms with Crippen LogP contribution < -0.4 is 10.1 Å². The van der Waals surface area contributed by atoms with Crippen LogP contribution in [0.3, 0.4) is 0 Å². The molecule has 0 radical (unpaired) electrons. The third-order valence-electron chi connectivity index (χ3n) is 5.30. The van der Waals surface area contributed by atoms with Crippen molar-refractivity contribution in [2.24, 2.45) is 0 Å². The molecule has 176 valence electrons. The summed E-state index contributed by atoms with van der Waals surface area (Å²) < 4.78 is 11.3. The van der Waals surface area contributed by atoms with E-state index in [-0.39, 0.29) is 6.42 Å². The van der Waals surface area contributed by atoms with Crippen LogP contribution in [0.15, 0.2) is 59.2 Å². The van der Waals surface area contributed by atoms with Crippen LogP contribution in [0.1, 0.15) is 44.2 Å². The second-order valence-corrected chi connectivity index (χ2v) is 8.07. The summed E-state index contributed by atoms with van der Waals surface area (Å²) in [5.41, 5.74) is 0.985. The van der Waals surface area contributed by atoms with E-state index >= 15 is 0 Å². The lowest BCUT2D eigenvalue weighted by atomic mass is 9.90. The van der Waals surface area contributed by atoms with Gasteiger partial charge in [-0.05, 0) is 48.4 Å². The van der Waals surface area contributed by atoms with Gasteiger partial charge in [0.25, 0.3) is 0 Å². The minimum Gasteiger partial charge on any atom is -0.457 e. The van der Waals surface area contributed by atoms with Crippen molar-refractivity contribution in [3.8, 4) is 22.8 Å². The third kappa shape index (κ3) is 6.41. The van der Waals surface area contributed by atoms with Crippen molar-refractivity contribution in [2.75, 3.05) is 13.2 Å². The maximum absolute atomic E-state index is 11.4. The fraction of sp³-hybridized carbons (Fsp3) is 0.360. The second kappa shape index (κ2) is 11.1. The first kappa shape index (κ1) is 24.4. The van der Waals surface area contributed by atoms with Crippen LogP contribution in [-0.2, 0) is 11.2 Å². The Morgan fingerprint density at radius 3 is 2.24 bits per heavy atom. The fourth-order valence-corrected chi connectivity index (χ4v) is 3.53. The lowest BCUT2D eigenvalue weighted by Gasteiger charge is -2.32. The van der Waals surface area contributed by atoms with Crippen molar-refractivity contribution in [2.45, 2.75) is 44.8 Å². The molecule has 0 aliphatic carbocycles. The number of benzene rings is 2. The van der Waals surface area contributed by atoms with E-state index in [0.717, 1.165) is 30.0 Å². The number of aromatic nitrogens is 1. The molecule has 1 heterocycles. The standard InChI is InChI=1S/C25H30N2O6/c1-3-4-24-26-22(14-32-24)18-5-9-20(10-6-18)33-21-11-7-19(8-12-21)23(31)13-25(15-28,16-29)27-17(2)30/h5-12,14,23,28-29,31H,3-4,13,15-16H2,1-2H3,(H,27,30). The molecule has 0 spiro atoms. The van der Waals surface area contributed by atoms with Crippen LogP contribution in [-0.4, -0.2) is 45.0 Å². The fourth-order valence-electron chi connectivity index (χ4n) is 3.53. The van der Waals surface area contributed by atoms with E-state index in [2.05, 4.69) is 17.2 Å². The number of aliphatic hydroxyl groups is 3. The molecule has 8 nitrogen and oxygen atoms in total. The number of nitrogens with one attached hydrogen (secondary N) is 1. The van der Waals surface area contributed by atoms with Crippen molar-refractivity contribution < 1.29 is 29.3 Å². The van der Waals surface area contributed by atoms with Crippen molar-refractivity contribution in [1.29, 1.82) is 0 Å². The monoisotopic (exact) mass is 454 g/mol. The molecule has 4 N–H and O–H groups in total. The number of ether oxygens (including phenoxy) is 1. The summed E-state index contributed by atoms with van der Waals surface area (Å²) in [6, 6.07) is 14.3. The Labute approximate surface area is 192 Å². The molecule has 33 heavy (non-hydrogen) atoms. The average molecular weight is 455 g/mol. The van der Waals surface area contributed by atoms with E-state index in [1.165, 1.54) is 6.92 Å². The van der Waals surface area contributed by atoms with Gasteiger partial charge in [0.2, 0.25) is 5.91 Å². The molecule has 0 aliphatic heterocycles. The van der Waals surface area contributed by atoms with E-state index < -0.39 is 30.8 Å². The Kier molecular flexibility index (Phi) is 8.21. The van der Waals surface area contributed by atoms with Gasteiger partial charge in [-0.2, -0.15) is 0 Å². The molecule has 1 atom stereocenters. The number of amides is 1. The lowest BCUT2D eigenvalue weighted by molar-refractivity contribution is -0.122. The number of hydrogen-bond acceptors (Lipinski definition) is 7. The molecule has 0 bridgehead atoms. The minimum atomic E-state index is -1.30. The maximum Gasteiger partial charge on any atom is 0.217 e. The van der Waals surface area contributed by atoms with Crippen molar-refractivity contribution in [3.63, 3.8) is 0 Å². The van der Waals surface area contributed by atoms with Crippen molar-refractivity contribution >= 4 is 5.91 Å². The Morgan fingerprint density at radius 2 is 1.70 bits per heavy atom. The molecular formula is C25H30N2O6. The van der Waals surface area contributed by atoms with E-state index in [1.54, 1.807) is 30.5 Å². The number of aryl methyl sites for hydroxylation is 1. The molecule has 3 rings (SSSR count). The number of hydrogen-bond donors (Lipinski definition) is 4. The summed E-state index contributed by atoms with van der Waals surface area (Å²) in [6.45, 7) is 2.38. The lowest BCUT2D eigenvalue weighted by Crippen LogP contribution is -2.54. The quantitative estimate of drug-likeness (QED) is 0.350. The predicted octanol–water partition coefficient (Wildman–Crippen LogP) is 3.37. The van der Waals surface area contributed by atoms with E-state index in [9.17, 15) is 20.1 Å². The van der Waals surface area contributed by atoms with Gasteiger partial charge in [-0.1, -0.05) is 19.1 Å². The number of rotatable bonds is 11. The third-order valence-corrected chi connectivity index (χ3v) is 5.30. The summed E-state index contributed by atoms with van der Waals surface area (Å²) >= 11 is 0. The zero-order valence-electron chi connectivity index (χ0n) is 18.8. The van der Waals surface area contributed by atoms with E-state index in [4.69, 9.17) is 9.15 Å². The first-order valence-electron chi connectivity index (χ1n) is 10.9. The molecule has 0 saturated carbocycles. The zero-order valence-corrected chi connectivity index (χ0v) is 18.8. The molecule has 0 aliphatic rings. The van der Waals surface area contributed by atoms with Gasteiger partial charge in [0.15, 0.2) is 5.89 Å². The van der Waals surface area contributed by atoms with Crippen LogP contribution in [0.5, 0.6) is 11.5 Å². The van der Waals surface area contributed by atoms with Gasteiger partial charge in [0.05, 0.1) is 24.9 Å². The van der Waals surface area contributed by atoms with Crippen LogP contribution in [0.4, 0.5) is 0 Å². The first-order chi connectivity index (χ1) is 15.9. The largest absolute Gasteiger partial charge is 0.457 e. The Morgan fingerprint density at radius 1 is 1.09 bits per heavy atom. The number of oxazole rings is 1. The highest BCUT2D eigenvalue weighted by atomic mass is 16.5. The molecule has 2 aromatic carbocycles. The van der Waals surface area contributed by atoms with Gasteiger partial charge in [-0.25, -0.2) is 4.98 Å². The van der Waals surface area contributed by atoms with Gasteiger partial charge in [0, 0.05) is 25.3 Å². The molecule has 1 aromatic heterocycles. The number of nitrogens with zero attached hydrogens (tertiary/aromatic N) is 1. The second-order valence-electron chi connectivity index (χ2n) is 8.07. The van der Waals surface area contributed by atoms with Crippen LogP contribution in [0, 0.1) is 0 Å². The Balaban J connectivity index is 1.63. The molecular weight excluding hydrogens is 424 g/mol. The van der Waals surface area contributed by atoms with Crippen LogP contribution >= 0.6 is 0 Å². The molecule has 3 aromatic rings. The van der Waals surface area contributed by atoms with Crippen LogP contribution in [0.2, 0.25) is 0 Å². The SMILES string of the molecule is CCCc1nc(-c2ccc(Oc3ccc(C(O)CC(CO)(CO)NC(C)=O)cc3)cc2)co1. The summed E-state index contributed by atoms with van der Waals surface area (Å²) in [7, 11) is 0. The van der Waals surface area contributed by atoms with Crippen molar-refractivity contribution in [3.05, 3.63) is 66.2 Å². The normalized spacial score (nSPS) is 12.4. The van der Waals surface area contributed by atoms with Crippen LogP contribution in [0.25, 0.3) is 11.3 Å². The molecule has 0 fully saturated rings. The summed E-state index contributed by atoms with van der Waals surface area (Å²) in [6.07, 6.45) is 2.40. The predicted molar refractivity (Wildman–Crippen MR) is 123 cm³/mol. The molecule has 1 unspecified atom stereocenters. The van der Waals surface area contributed by atoms with Gasteiger partial charge in [0.1, 0.15) is 23.5 Å². The Hall–Kier alpha value is -3.20. The van der Waals surface area contributed by atoms with Gasteiger partial charge in [-0.15, -0.1) is 0 Å². The van der Waals surface area contributed by atoms with Crippen molar-refractivity contribution in [1.82, 2.24) is 10.3 Å². The summed E-state index contributed by atoms with van der Waals surface area (Å²) in [5, 5.41) is 32.3. The smallest absolute Gasteiger partial charge is 0.217 e. The summed E-state index contributed by atoms with van der Waals surface area (Å²) in [5.74, 6) is 1.56. The first-order valence-corrected chi connectivity index (χ1v) is 10.9. The average Bonchev–Trinajstić information content (AvgIpc) is 3.28.